The van der Waals surface area contributed by atoms with Crippen molar-refractivity contribution in [3.05, 3.63) is 0 Å². The Morgan fingerprint density at radius 1 is 1.75 bits per heavy atom. The summed E-state index contributed by atoms with van der Waals surface area (Å²) in [5.74, 6) is 0.254. The summed E-state index contributed by atoms with van der Waals surface area (Å²) < 4.78 is 0. The largest absolute Gasteiger partial charge is 0.386 e. The predicted molar refractivity (Wildman–Crippen MR) is 43.7 cm³/mol. The van der Waals surface area contributed by atoms with Crippen molar-refractivity contribution >= 4 is 18.1 Å². The summed E-state index contributed by atoms with van der Waals surface area (Å²) in [7, 11) is 1.78. The van der Waals surface area contributed by atoms with Crippen LogP contribution in [0.25, 0.3) is 0 Å². The molecule has 2 aliphatic rings. The summed E-state index contributed by atoms with van der Waals surface area (Å²) >= 11 is 0. The summed E-state index contributed by atoms with van der Waals surface area (Å²) in [6.45, 7) is 0. The molecule has 2 heterocycles. The number of hydrogen-bond donors (Lipinski definition) is 2. The number of amidine groups is 1. The maximum Gasteiger partial charge on any atom is 0.344 e. The molecule has 0 aromatic heterocycles. The fourth-order valence-electron chi connectivity index (χ4n) is 1.33. The van der Waals surface area contributed by atoms with E-state index < -0.39 is 6.03 Å². The molecule has 6 heteroatoms. The van der Waals surface area contributed by atoms with Gasteiger partial charge in [-0.2, -0.15) is 10.1 Å². The molecule has 0 saturated heterocycles. The molecule has 0 saturated carbocycles. The molecular weight excluding hydrogens is 158 g/mol. The van der Waals surface area contributed by atoms with Gasteiger partial charge >= 0.3 is 6.03 Å². The molecule has 2 aliphatic heterocycles. The first-order valence-electron chi connectivity index (χ1n) is 3.60. The van der Waals surface area contributed by atoms with Gasteiger partial charge in [-0.3, -0.25) is 5.01 Å². The second-order valence-electron chi connectivity index (χ2n) is 2.79. The number of rotatable bonds is 0. The predicted octanol–water partition coefficient (Wildman–Crippen LogP) is -1.06. The molecule has 3 N–H and O–H groups in total. The third-order valence-electron chi connectivity index (χ3n) is 2.00. The van der Waals surface area contributed by atoms with Crippen LogP contribution in [0, 0.1) is 5.92 Å². The summed E-state index contributed by atoms with van der Waals surface area (Å²) in [5, 5.41) is 8.31. The van der Waals surface area contributed by atoms with Gasteiger partial charge in [-0.25, -0.2) is 4.79 Å². The van der Waals surface area contributed by atoms with Crippen molar-refractivity contribution in [3.63, 3.8) is 0 Å². The van der Waals surface area contributed by atoms with Gasteiger partial charge in [-0.15, -0.1) is 0 Å². The molecule has 64 valence electrons. The lowest BCUT2D eigenvalue weighted by Gasteiger charge is -2.27. The first-order chi connectivity index (χ1) is 5.68. The van der Waals surface area contributed by atoms with Gasteiger partial charge in [0.25, 0.3) is 0 Å². The minimum absolute atomic E-state index is 0.0762. The molecule has 2 rings (SSSR count). The molecule has 0 aromatic rings. The number of urea groups is 1. The summed E-state index contributed by atoms with van der Waals surface area (Å²) in [4.78, 5) is 14.5. The van der Waals surface area contributed by atoms with Crippen LogP contribution in [-0.4, -0.2) is 36.3 Å². The fraction of sp³-hybridized carbons (Fsp3) is 0.500. The van der Waals surface area contributed by atoms with E-state index in [0.29, 0.717) is 5.84 Å². The highest BCUT2D eigenvalue weighted by Crippen LogP contribution is 2.16. The monoisotopic (exact) mass is 167 g/mol. The number of carbonyl (C=O) groups excluding carboxylic acids is 1. The standard InChI is InChI=1S/C6H9N5O/c1-11-5-3(2-8-11)4(7)9-6(12)10-5/h2-3,5H,1H3,(H3,7,9,10,12). The number of hydrazone groups is 1. The first kappa shape index (κ1) is 7.08. The number of carbonyl (C=O) groups is 1. The van der Waals surface area contributed by atoms with E-state index in [1.165, 1.54) is 0 Å². The Labute approximate surface area is 69.1 Å². The Morgan fingerprint density at radius 3 is 3.25 bits per heavy atom. The van der Waals surface area contributed by atoms with Crippen molar-refractivity contribution in [2.24, 2.45) is 21.7 Å². The molecule has 0 radical (unpaired) electrons. The van der Waals surface area contributed by atoms with Gasteiger partial charge in [0, 0.05) is 13.3 Å². The lowest BCUT2D eigenvalue weighted by atomic mass is 10.1. The topological polar surface area (TPSA) is 83.1 Å². The number of nitrogens with zero attached hydrogens (tertiary/aromatic N) is 3. The van der Waals surface area contributed by atoms with Crippen LogP contribution in [0.4, 0.5) is 4.79 Å². The quantitative estimate of drug-likeness (QED) is 0.482. The molecule has 0 fully saturated rings. The first-order valence-corrected chi connectivity index (χ1v) is 3.60. The molecule has 2 atom stereocenters. The van der Waals surface area contributed by atoms with Crippen molar-refractivity contribution in [3.8, 4) is 0 Å². The van der Waals surface area contributed by atoms with Crippen LogP contribution >= 0.6 is 0 Å². The summed E-state index contributed by atoms with van der Waals surface area (Å²) in [5.41, 5.74) is 5.54. The number of amides is 2. The number of nitrogens with one attached hydrogen (secondary N) is 1. The van der Waals surface area contributed by atoms with Gasteiger partial charge in [0.2, 0.25) is 0 Å². The lowest BCUT2D eigenvalue weighted by Crippen LogP contribution is -2.53. The minimum atomic E-state index is -0.397. The van der Waals surface area contributed by atoms with Crippen molar-refractivity contribution in [1.82, 2.24) is 10.3 Å². The summed E-state index contributed by atoms with van der Waals surface area (Å²) in [6, 6.07) is -0.397. The molecule has 2 unspecified atom stereocenters. The fourth-order valence-corrected chi connectivity index (χ4v) is 1.33. The zero-order chi connectivity index (χ0) is 8.72. The lowest BCUT2D eigenvalue weighted by molar-refractivity contribution is 0.203. The van der Waals surface area contributed by atoms with Crippen molar-refractivity contribution in [2.75, 3.05) is 7.05 Å². The van der Waals surface area contributed by atoms with Crippen LogP contribution in [0.2, 0.25) is 0 Å². The maximum atomic E-state index is 10.9. The van der Waals surface area contributed by atoms with Gasteiger partial charge in [0.05, 0.1) is 5.92 Å². The Hall–Kier alpha value is -1.59. The highest BCUT2D eigenvalue weighted by atomic mass is 16.2. The molecule has 0 aliphatic carbocycles. The van der Waals surface area contributed by atoms with Gasteiger partial charge in [-0.05, 0) is 0 Å². The van der Waals surface area contributed by atoms with Crippen LogP contribution in [0.1, 0.15) is 0 Å². The van der Waals surface area contributed by atoms with Crippen LogP contribution in [-0.2, 0) is 0 Å². The second-order valence-corrected chi connectivity index (χ2v) is 2.79. The Balaban J connectivity index is 2.31. The maximum absolute atomic E-state index is 10.9. The molecule has 12 heavy (non-hydrogen) atoms. The van der Waals surface area contributed by atoms with Gasteiger partial charge in [0.15, 0.2) is 0 Å². The Kier molecular flexibility index (Phi) is 1.30. The molecule has 6 nitrogen and oxygen atoms in total. The third kappa shape index (κ3) is 0.843. The van der Waals surface area contributed by atoms with Crippen LogP contribution in [0.3, 0.4) is 0 Å². The Bertz CT molecular complexity index is 284. The van der Waals surface area contributed by atoms with E-state index >= 15 is 0 Å². The van der Waals surface area contributed by atoms with E-state index in [2.05, 4.69) is 15.4 Å². The molecular formula is C6H9N5O. The molecule has 0 aromatic carbocycles. The van der Waals surface area contributed by atoms with Crippen molar-refractivity contribution in [1.29, 1.82) is 0 Å². The zero-order valence-electron chi connectivity index (χ0n) is 6.56. The number of hydrogen-bond acceptors (Lipinski definition) is 4. The van der Waals surface area contributed by atoms with Gasteiger partial charge < -0.3 is 11.1 Å². The minimum Gasteiger partial charge on any atom is -0.386 e. The molecule has 2 amide bonds. The molecule has 0 spiro atoms. The molecule has 0 bridgehead atoms. The van der Waals surface area contributed by atoms with Gasteiger partial charge in [0.1, 0.15) is 12.0 Å². The average Bonchev–Trinajstić information content (AvgIpc) is 2.33. The van der Waals surface area contributed by atoms with Crippen LogP contribution in [0.15, 0.2) is 10.1 Å². The van der Waals surface area contributed by atoms with E-state index in [0.717, 1.165) is 0 Å². The SMILES string of the molecule is CN1N=CC2C(N)=NC(=O)NC21. The van der Waals surface area contributed by atoms with E-state index in [4.69, 9.17) is 5.73 Å². The second kappa shape index (κ2) is 2.20. The van der Waals surface area contributed by atoms with Crippen molar-refractivity contribution < 1.29 is 4.79 Å². The van der Waals surface area contributed by atoms with E-state index in [1.807, 2.05) is 0 Å². The third-order valence-corrected chi connectivity index (χ3v) is 2.00. The zero-order valence-corrected chi connectivity index (χ0v) is 6.56. The van der Waals surface area contributed by atoms with Gasteiger partial charge in [-0.1, -0.05) is 0 Å². The number of aliphatic imine (C=N–C) groups is 1. The number of nitrogens with two attached hydrogens (primary N) is 1. The highest BCUT2D eigenvalue weighted by molar-refractivity contribution is 6.05. The van der Waals surface area contributed by atoms with Crippen LogP contribution in [0.5, 0.6) is 0 Å². The Morgan fingerprint density at radius 2 is 2.50 bits per heavy atom. The van der Waals surface area contributed by atoms with E-state index in [-0.39, 0.29) is 12.1 Å². The number of fused-ring (bicyclic) bond motifs is 1. The highest BCUT2D eigenvalue weighted by Gasteiger charge is 2.36. The average molecular weight is 167 g/mol. The smallest absolute Gasteiger partial charge is 0.344 e. The van der Waals surface area contributed by atoms with E-state index in [1.54, 1.807) is 18.3 Å². The van der Waals surface area contributed by atoms with Crippen molar-refractivity contribution in [2.45, 2.75) is 6.17 Å². The van der Waals surface area contributed by atoms with E-state index in [9.17, 15) is 4.79 Å². The van der Waals surface area contributed by atoms with Crippen LogP contribution < -0.4 is 11.1 Å². The summed E-state index contributed by atoms with van der Waals surface area (Å²) in [6.07, 6.45) is 1.53. The normalized spacial score (nSPS) is 32.9.